The minimum Gasteiger partial charge on any atom is -0.484 e. The molecule has 0 radical (unpaired) electrons. The van der Waals surface area contributed by atoms with Crippen molar-refractivity contribution in [2.45, 2.75) is 20.4 Å². The average Bonchev–Trinajstić information content (AvgIpc) is 3.23. The van der Waals surface area contributed by atoms with Crippen molar-refractivity contribution in [3.63, 3.8) is 0 Å². The number of aromatic nitrogens is 1. The average molecular weight is 342 g/mol. The van der Waals surface area contributed by atoms with Gasteiger partial charge >= 0.3 is 0 Å². The van der Waals surface area contributed by atoms with E-state index in [0.29, 0.717) is 18.1 Å². The summed E-state index contributed by atoms with van der Waals surface area (Å²) in [5.74, 6) is 1.09. The van der Waals surface area contributed by atoms with Gasteiger partial charge in [0.2, 0.25) is 5.89 Å². The summed E-state index contributed by atoms with van der Waals surface area (Å²) in [6.07, 6.45) is 1.56. The molecular weight excluding hydrogens is 324 g/mol. The Labute approximate surface area is 144 Å². The number of thiophene rings is 1. The molecule has 0 atom stereocenters. The molecule has 0 spiro atoms. The third-order valence-corrected chi connectivity index (χ3v) is 4.30. The van der Waals surface area contributed by atoms with E-state index in [2.05, 4.69) is 10.3 Å². The highest BCUT2D eigenvalue weighted by Gasteiger charge is 2.09. The van der Waals surface area contributed by atoms with Crippen molar-refractivity contribution in [3.05, 3.63) is 58.8 Å². The Morgan fingerprint density at radius 1 is 1.33 bits per heavy atom. The van der Waals surface area contributed by atoms with Gasteiger partial charge in [-0.3, -0.25) is 4.79 Å². The minimum atomic E-state index is -0.198. The number of oxazole rings is 1. The summed E-state index contributed by atoms with van der Waals surface area (Å²) < 4.78 is 11.0. The fourth-order valence-corrected chi connectivity index (χ4v) is 2.90. The highest BCUT2D eigenvalue weighted by atomic mass is 32.1. The summed E-state index contributed by atoms with van der Waals surface area (Å²) in [7, 11) is 0. The largest absolute Gasteiger partial charge is 0.484 e. The number of nitrogens with zero attached hydrogens (tertiary/aromatic N) is 1. The number of rotatable bonds is 6. The Hall–Kier alpha value is -2.60. The standard InChI is InChI=1S/C18H18N2O3S/c1-12-5-6-15(13(2)8-12)22-11-17(21)19-9-14-10-23-18(20-14)16-4-3-7-24-16/h3-8,10H,9,11H2,1-2H3,(H,19,21). The van der Waals surface area contributed by atoms with Crippen molar-refractivity contribution < 1.29 is 13.9 Å². The number of carbonyl (C=O) groups excluding carboxylic acids is 1. The number of ether oxygens (including phenoxy) is 1. The zero-order valence-electron chi connectivity index (χ0n) is 13.5. The zero-order chi connectivity index (χ0) is 16.9. The Kier molecular flexibility index (Phi) is 4.96. The lowest BCUT2D eigenvalue weighted by atomic mass is 10.1. The summed E-state index contributed by atoms with van der Waals surface area (Å²) in [6.45, 7) is 4.26. The number of hydrogen-bond donors (Lipinski definition) is 1. The summed E-state index contributed by atoms with van der Waals surface area (Å²) >= 11 is 1.56. The molecule has 0 aliphatic carbocycles. The van der Waals surface area contributed by atoms with Crippen LogP contribution in [0.5, 0.6) is 5.75 Å². The molecule has 0 unspecified atom stereocenters. The van der Waals surface area contributed by atoms with Gasteiger partial charge in [-0.05, 0) is 36.9 Å². The van der Waals surface area contributed by atoms with E-state index < -0.39 is 0 Å². The first kappa shape index (κ1) is 16.3. The Morgan fingerprint density at radius 3 is 2.96 bits per heavy atom. The molecule has 5 nitrogen and oxygen atoms in total. The van der Waals surface area contributed by atoms with Gasteiger partial charge in [0.15, 0.2) is 6.61 Å². The lowest BCUT2D eigenvalue weighted by Gasteiger charge is -2.09. The first-order valence-electron chi connectivity index (χ1n) is 7.57. The van der Waals surface area contributed by atoms with Gasteiger partial charge in [-0.15, -0.1) is 11.3 Å². The van der Waals surface area contributed by atoms with Gasteiger partial charge in [0.05, 0.1) is 17.1 Å². The van der Waals surface area contributed by atoms with E-state index in [0.717, 1.165) is 21.8 Å². The third kappa shape index (κ3) is 4.02. The molecule has 1 amide bonds. The smallest absolute Gasteiger partial charge is 0.258 e. The fraction of sp³-hybridized carbons (Fsp3) is 0.222. The topological polar surface area (TPSA) is 64.4 Å². The first-order chi connectivity index (χ1) is 11.6. The SMILES string of the molecule is Cc1ccc(OCC(=O)NCc2coc(-c3cccs3)n2)c(C)c1. The van der Waals surface area contributed by atoms with Gasteiger partial charge < -0.3 is 14.5 Å². The van der Waals surface area contributed by atoms with E-state index in [-0.39, 0.29) is 12.5 Å². The summed E-state index contributed by atoms with van der Waals surface area (Å²) in [4.78, 5) is 17.2. The van der Waals surface area contributed by atoms with Gasteiger partial charge in [0, 0.05) is 0 Å². The van der Waals surface area contributed by atoms with Gasteiger partial charge in [0.1, 0.15) is 12.0 Å². The Morgan fingerprint density at radius 2 is 2.21 bits per heavy atom. The number of carbonyl (C=O) groups is 1. The quantitative estimate of drug-likeness (QED) is 0.741. The van der Waals surface area contributed by atoms with E-state index >= 15 is 0 Å². The molecule has 6 heteroatoms. The van der Waals surface area contributed by atoms with Crippen LogP contribution in [0.3, 0.4) is 0 Å². The van der Waals surface area contributed by atoms with Gasteiger partial charge in [-0.1, -0.05) is 23.8 Å². The van der Waals surface area contributed by atoms with Crippen molar-refractivity contribution in [2.75, 3.05) is 6.61 Å². The summed E-state index contributed by atoms with van der Waals surface area (Å²) in [5.41, 5.74) is 2.86. The molecule has 24 heavy (non-hydrogen) atoms. The maximum atomic E-state index is 11.9. The Bertz CT molecular complexity index is 825. The van der Waals surface area contributed by atoms with E-state index in [4.69, 9.17) is 9.15 Å². The summed E-state index contributed by atoms with van der Waals surface area (Å²) in [5, 5.41) is 4.74. The number of hydrogen-bond acceptors (Lipinski definition) is 5. The second-order valence-electron chi connectivity index (χ2n) is 5.46. The fourth-order valence-electron chi connectivity index (χ4n) is 2.25. The molecule has 2 heterocycles. The second-order valence-corrected chi connectivity index (χ2v) is 6.40. The maximum Gasteiger partial charge on any atom is 0.258 e. The number of nitrogens with one attached hydrogen (secondary N) is 1. The molecule has 1 aromatic carbocycles. The summed E-state index contributed by atoms with van der Waals surface area (Å²) in [6, 6.07) is 9.74. The van der Waals surface area contributed by atoms with Crippen molar-refractivity contribution in [1.29, 1.82) is 0 Å². The number of aryl methyl sites for hydroxylation is 2. The molecule has 1 N–H and O–H groups in total. The molecule has 0 saturated carbocycles. The van der Waals surface area contributed by atoms with Gasteiger partial charge in [-0.2, -0.15) is 0 Å². The predicted octanol–water partition coefficient (Wildman–Crippen LogP) is 3.72. The predicted molar refractivity (Wildman–Crippen MR) is 93.1 cm³/mol. The van der Waals surface area contributed by atoms with Crippen LogP contribution >= 0.6 is 11.3 Å². The van der Waals surface area contributed by atoms with Crippen LogP contribution in [0.2, 0.25) is 0 Å². The molecule has 0 aliphatic heterocycles. The van der Waals surface area contributed by atoms with Crippen LogP contribution in [0.1, 0.15) is 16.8 Å². The van der Waals surface area contributed by atoms with Gasteiger partial charge in [0.25, 0.3) is 5.91 Å². The maximum absolute atomic E-state index is 11.9. The van der Waals surface area contributed by atoms with Crippen LogP contribution in [0.15, 0.2) is 46.4 Å². The third-order valence-electron chi connectivity index (χ3n) is 3.44. The molecule has 2 aromatic heterocycles. The first-order valence-corrected chi connectivity index (χ1v) is 8.45. The van der Waals surface area contributed by atoms with E-state index in [1.807, 2.05) is 49.6 Å². The normalized spacial score (nSPS) is 10.6. The van der Waals surface area contributed by atoms with Crippen molar-refractivity contribution in [3.8, 4) is 16.5 Å². The molecule has 124 valence electrons. The molecule has 3 rings (SSSR count). The number of benzene rings is 1. The lowest BCUT2D eigenvalue weighted by Crippen LogP contribution is -2.28. The van der Waals surface area contributed by atoms with Gasteiger partial charge in [-0.25, -0.2) is 4.98 Å². The second kappa shape index (κ2) is 7.31. The zero-order valence-corrected chi connectivity index (χ0v) is 14.4. The molecule has 0 fully saturated rings. The van der Waals surface area contributed by atoms with Crippen molar-refractivity contribution >= 4 is 17.2 Å². The minimum absolute atomic E-state index is 0.0282. The van der Waals surface area contributed by atoms with Crippen molar-refractivity contribution in [2.24, 2.45) is 0 Å². The number of amides is 1. The molecule has 0 bridgehead atoms. The van der Waals surface area contributed by atoms with Crippen molar-refractivity contribution in [1.82, 2.24) is 10.3 Å². The van der Waals surface area contributed by atoms with E-state index in [1.54, 1.807) is 17.6 Å². The van der Waals surface area contributed by atoms with Crippen LogP contribution < -0.4 is 10.1 Å². The van der Waals surface area contributed by atoms with Crippen LogP contribution in [0.4, 0.5) is 0 Å². The van der Waals surface area contributed by atoms with E-state index in [1.165, 1.54) is 0 Å². The van der Waals surface area contributed by atoms with Crippen LogP contribution in [-0.2, 0) is 11.3 Å². The van der Waals surface area contributed by atoms with Crippen LogP contribution in [-0.4, -0.2) is 17.5 Å². The molecule has 0 saturated heterocycles. The monoisotopic (exact) mass is 342 g/mol. The molecule has 0 aliphatic rings. The molecular formula is C18H18N2O3S. The molecule has 3 aromatic rings. The lowest BCUT2D eigenvalue weighted by molar-refractivity contribution is -0.123. The van der Waals surface area contributed by atoms with Crippen LogP contribution in [0, 0.1) is 13.8 Å². The Balaban J connectivity index is 1.49. The van der Waals surface area contributed by atoms with Crippen LogP contribution in [0.25, 0.3) is 10.8 Å². The highest BCUT2D eigenvalue weighted by molar-refractivity contribution is 7.13. The van der Waals surface area contributed by atoms with E-state index in [9.17, 15) is 4.79 Å². The highest BCUT2D eigenvalue weighted by Crippen LogP contribution is 2.23.